The van der Waals surface area contributed by atoms with Crippen LogP contribution in [0.4, 0.5) is 26.3 Å². The molecule has 2 saturated heterocycles. The van der Waals surface area contributed by atoms with E-state index in [2.05, 4.69) is 29.9 Å². The highest BCUT2D eigenvalue weighted by Crippen LogP contribution is 2.24. The van der Waals surface area contributed by atoms with Crippen molar-refractivity contribution >= 4 is 20.2 Å². The summed E-state index contributed by atoms with van der Waals surface area (Å²) in [6.45, 7) is 18.1. The molecule has 0 aliphatic carbocycles. The van der Waals surface area contributed by atoms with Gasteiger partial charge in [0.25, 0.3) is 0 Å². The number of rotatable bonds is 12. The molecule has 0 aromatic heterocycles. The van der Waals surface area contributed by atoms with Gasteiger partial charge in [0.2, 0.25) is 0 Å². The largest absolute Gasteiger partial charge is 0.523 e. The van der Waals surface area contributed by atoms with Crippen LogP contribution in [0.2, 0.25) is 0 Å². The molecule has 2 aliphatic heterocycles. The maximum Gasteiger partial charge on any atom is 0.523 e. The Morgan fingerprint density at radius 1 is 0.674 bits per heavy atom. The van der Waals surface area contributed by atoms with Gasteiger partial charge >= 0.3 is 31.3 Å². The van der Waals surface area contributed by atoms with Gasteiger partial charge in [-0.05, 0) is 77.4 Å². The van der Waals surface area contributed by atoms with Gasteiger partial charge in [-0.1, -0.05) is 53.4 Å². The monoisotopic (exact) mass is 681 g/mol. The van der Waals surface area contributed by atoms with Crippen LogP contribution in [-0.4, -0.2) is 94.2 Å². The molecular formula is C27H55F6N2O6S2+. The Labute approximate surface area is 256 Å². The standard InChI is InChI=1S/C12H26N.C9H19N.C5H9F3O3S.CHF3O3S/c1-3-5-10-13(9-4-2)11-7-6-8-12-13;1-2-3-7-10-8-5-4-6-9-10;1-2-3-4-11-12(9,10)5(6,7)8;2-1(3,4)8(5,6)7/h3-12H2,1-2H3;2-9H2,1H3;2-4H2,1H3;(H,5,6,7)/q+1;;;. The molecule has 0 aromatic carbocycles. The van der Waals surface area contributed by atoms with E-state index in [1.165, 1.54) is 121 Å². The van der Waals surface area contributed by atoms with Crippen molar-refractivity contribution in [2.45, 2.75) is 122 Å². The van der Waals surface area contributed by atoms with E-state index in [9.17, 15) is 34.8 Å². The van der Waals surface area contributed by atoms with Gasteiger partial charge in [0.05, 0.1) is 32.8 Å². The minimum atomic E-state index is -5.84. The van der Waals surface area contributed by atoms with E-state index >= 15 is 0 Å². The van der Waals surface area contributed by atoms with Crippen molar-refractivity contribution < 1.29 is 56.4 Å². The van der Waals surface area contributed by atoms with Crippen LogP contribution in [0.3, 0.4) is 0 Å². The van der Waals surface area contributed by atoms with Gasteiger partial charge in [-0.3, -0.25) is 8.74 Å². The van der Waals surface area contributed by atoms with Gasteiger partial charge in [-0.25, -0.2) is 0 Å². The molecule has 0 amide bonds. The lowest BCUT2D eigenvalue weighted by molar-refractivity contribution is -0.932. The maximum absolute atomic E-state index is 11.5. The molecular weight excluding hydrogens is 626 g/mol. The fraction of sp³-hybridized carbons (Fsp3) is 1.00. The number of unbranched alkanes of at least 4 members (excludes halogenated alkanes) is 3. The number of halogens is 6. The molecule has 0 unspecified atom stereocenters. The lowest BCUT2D eigenvalue weighted by Gasteiger charge is -2.41. The predicted molar refractivity (Wildman–Crippen MR) is 157 cm³/mol. The van der Waals surface area contributed by atoms with Crippen LogP contribution < -0.4 is 0 Å². The van der Waals surface area contributed by atoms with E-state index in [-0.39, 0.29) is 6.42 Å². The highest BCUT2D eigenvalue weighted by Gasteiger charge is 2.47. The number of hydrogen-bond donors (Lipinski definition) is 1. The summed E-state index contributed by atoms with van der Waals surface area (Å²) in [7, 11) is -11.2. The minimum absolute atomic E-state index is 0.287. The molecule has 1 N–H and O–H groups in total. The van der Waals surface area contributed by atoms with Crippen molar-refractivity contribution in [1.29, 1.82) is 0 Å². The average molecular weight is 682 g/mol. The van der Waals surface area contributed by atoms with Crippen molar-refractivity contribution in [1.82, 2.24) is 4.90 Å². The van der Waals surface area contributed by atoms with Gasteiger partial charge in [0.15, 0.2) is 0 Å². The molecule has 8 nitrogen and oxygen atoms in total. The van der Waals surface area contributed by atoms with Crippen LogP contribution in [0.25, 0.3) is 0 Å². The Bertz CT molecular complexity index is 883. The zero-order valence-electron chi connectivity index (χ0n) is 26.3. The summed E-state index contributed by atoms with van der Waals surface area (Å²) < 4.78 is 118. The molecule has 2 fully saturated rings. The van der Waals surface area contributed by atoms with E-state index in [4.69, 9.17) is 13.0 Å². The number of nitrogens with zero attached hydrogens (tertiary/aromatic N) is 2. The third-order valence-corrected chi connectivity index (χ3v) is 8.67. The number of alkyl halides is 6. The zero-order chi connectivity index (χ0) is 33.6. The maximum atomic E-state index is 11.5. The van der Waals surface area contributed by atoms with Crippen molar-refractivity contribution in [2.24, 2.45) is 0 Å². The number of hydrogen-bond acceptors (Lipinski definition) is 6. The fourth-order valence-corrected chi connectivity index (χ4v) is 5.13. The van der Waals surface area contributed by atoms with Crippen molar-refractivity contribution in [3.63, 3.8) is 0 Å². The topological polar surface area (TPSA) is 101 Å². The summed E-state index contributed by atoms with van der Waals surface area (Å²) in [5, 5.41) is 0. The van der Waals surface area contributed by atoms with Crippen LogP contribution >= 0.6 is 0 Å². The summed E-state index contributed by atoms with van der Waals surface area (Å²) in [5.74, 6) is 0. The molecule has 0 saturated carbocycles. The van der Waals surface area contributed by atoms with Gasteiger partial charge in [-0.15, -0.1) is 0 Å². The first-order valence-electron chi connectivity index (χ1n) is 15.4. The van der Waals surface area contributed by atoms with E-state index in [1.54, 1.807) is 6.92 Å². The third-order valence-electron chi connectivity index (χ3n) is 7.04. The second kappa shape index (κ2) is 22.8. The molecule has 0 spiro atoms. The molecule has 43 heavy (non-hydrogen) atoms. The second-order valence-corrected chi connectivity index (χ2v) is 13.9. The smallest absolute Gasteiger partial charge is 0.324 e. The van der Waals surface area contributed by atoms with Crippen molar-refractivity contribution in [2.75, 3.05) is 52.4 Å². The SMILES string of the molecule is CCCCN1CCCCC1.CCCCOS(=O)(=O)C(F)(F)F.CCCC[N+]1(CCC)CCCCC1.O=S(=O)(O)C(F)(F)F. The van der Waals surface area contributed by atoms with E-state index in [0.717, 1.165) is 0 Å². The first-order chi connectivity index (χ1) is 19.8. The Morgan fingerprint density at radius 2 is 1.14 bits per heavy atom. The Morgan fingerprint density at radius 3 is 1.53 bits per heavy atom. The number of likely N-dealkylation sites (tertiary alicyclic amines) is 2. The summed E-state index contributed by atoms with van der Waals surface area (Å²) >= 11 is 0. The van der Waals surface area contributed by atoms with Crippen LogP contribution in [0.1, 0.15) is 111 Å². The zero-order valence-corrected chi connectivity index (χ0v) is 27.9. The summed E-state index contributed by atoms with van der Waals surface area (Å²) in [6.07, 6.45) is 16.5. The second-order valence-electron chi connectivity index (χ2n) is 10.9. The van der Waals surface area contributed by atoms with Gasteiger partial charge in [0.1, 0.15) is 0 Å². The van der Waals surface area contributed by atoms with E-state index < -0.39 is 37.9 Å². The Hall–Kier alpha value is -0.680. The Balaban J connectivity index is 0. The first-order valence-corrected chi connectivity index (χ1v) is 18.2. The van der Waals surface area contributed by atoms with E-state index in [0.29, 0.717) is 6.42 Å². The highest BCUT2D eigenvalue weighted by atomic mass is 32.2. The van der Waals surface area contributed by atoms with Gasteiger partial charge in [-0.2, -0.15) is 43.2 Å². The number of piperidine rings is 2. The lowest BCUT2D eigenvalue weighted by Crippen LogP contribution is -2.52. The van der Waals surface area contributed by atoms with Crippen LogP contribution in [-0.2, 0) is 24.4 Å². The van der Waals surface area contributed by atoms with Crippen LogP contribution in [0.5, 0.6) is 0 Å². The van der Waals surface area contributed by atoms with Crippen molar-refractivity contribution in [3.05, 3.63) is 0 Å². The summed E-state index contributed by atoms with van der Waals surface area (Å²) in [4.78, 5) is 2.60. The molecule has 16 heteroatoms. The average Bonchev–Trinajstić information content (AvgIpc) is 2.91. The normalized spacial score (nSPS) is 17.8. The quantitative estimate of drug-likeness (QED) is 0.0568. The lowest BCUT2D eigenvalue weighted by atomic mass is 10.1. The fourth-order valence-electron chi connectivity index (χ4n) is 4.65. The van der Waals surface area contributed by atoms with Crippen molar-refractivity contribution in [3.8, 4) is 0 Å². The first kappa shape index (κ1) is 44.4. The summed E-state index contributed by atoms with van der Waals surface area (Å²) in [5.41, 5.74) is -10.8. The Kier molecular flexibility index (Phi) is 23.5. The molecule has 0 radical (unpaired) electrons. The molecule has 2 heterocycles. The molecule has 0 bridgehead atoms. The molecule has 0 aromatic rings. The van der Waals surface area contributed by atoms with Crippen LogP contribution in [0, 0.1) is 0 Å². The third kappa shape index (κ3) is 21.7. The van der Waals surface area contributed by atoms with Crippen LogP contribution in [0.15, 0.2) is 0 Å². The highest BCUT2D eigenvalue weighted by molar-refractivity contribution is 7.87. The molecule has 2 aliphatic rings. The molecule has 0 atom stereocenters. The van der Waals surface area contributed by atoms with E-state index in [1.807, 2.05) is 0 Å². The molecule has 2 rings (SSSR count). The predicted octanol–water partition coefficient (Wildman–Crippen LogP) is 7.52. The summed E-state index contributed by atoms with van der Waals surface area (Å²) in [6, 6.07) is 0. The van der Waals surface area contributed by atoms with Gasteiger partial charge < -0.3 is 9.38 Å². The molecule has 262 valence electrons. The minimum Gasteiger partial charge on any atom is -0.324 e. The van der Waals surface area contributed by atoms with Gasteiger partial charge in [0, 0.05) is 0 Å². The number of quaternary nitrogens is 1.